The maximum atomic E-state index is 5.61. The molecule has 0 aliphatic rings. The highest BCUT2D eigenvalue weighted by Crippen LogP contribution is 2.10. The Bertz CT molecular complexity index is 281. The van der Waals surface area contributed by atoms with E-state index < -0.39 is 0 Å². The summed E-state index contributed by atoms with van der Waals surface area (Å²) in [6.07, 6.45) is 0. The first-order valence-electron chi connectivity index (χ1n) is 3.82. The van der Waals surface area contributed by atoms with Gasteiger partial charge >= 0.3 is 0 Å². The standard InChI is InChI=1S/C10H12ClN/c1-8-4-3-5-10(6-8)12-7-9(2)11/h3-6,12H,2,7H2,1H3. The van der Waals surface area contributed by atoms with E-state index in [0.717, 1.165) is 5.69 Å². The van der Waals surface area contributed by atoms with Crippen LogP contribution < -0.4 is 5.32 Å². The number of aryl methyl sites for hydroxylation is 1. The molecular formula is C10H12ClN. The highest BCUT2D eigenvalue weighted by atomic mass is 35.5. The third-order valence-electron chi connectivity index (χ3n) is 1.50. The van der Waals surface area contributed by atoms with Crippen LogP contribution in [-0.2, 0) is 0 Å². The zero-order chi connectivity index (χ0) is 8.97. The molecule has 0 aliphatic heterocycles. The van der Waals surface area contributed by atoms with Gasteiger partial charge < -0.3 is 5.32 Å². The smallest absolute Gasteiger partial charge is 0.0501 e. The molecule has 0 unspecified atom stereocenters. The summed E-state index contributed by atoms with van der Waals surface area (Å²) in [5.74, 6) is 0. The van der Waals surface area contributed by atoms with E-state index in [1.807, 2.05) is 12.1 Å². The summed E-state index contributed by atoms with van der Waals surface area (Å²) in [5.41, 5.74) is 2.32. The number of nitrogens with one attached hydrogen (secondary N) is 1. The summed E-state index contributed by atoms with van der Waals surface area (Å²) in [6, 6.07) is 8.14. The van der Waals surface area contributed by atoms with Crippen LogP contribution in [0.4, 0.5) is 5.69 Å². The van der Waals surface area contributed by atoms with E-state index in [-0.39, 0.29) is 0 Å². The number of benzene rings is 1. The van der Waals surface area contributed by atoms with Crippen molar-refractivity contribution in [3.8, 4) is 0 Å². The summed E-state index contributed by atoms with van der Waals surface area (Å²) in [7, 11) is 0. The first kappa shape index (κ1) is 9.14. The molecule has 0 amide bonds. The molecule has 1 N–H and O–H groups in total. The first-order valence-corrected chi connectivity index (χ1v) is 4.20. The Balaban J connectivity index is 2.57. The second-order valence-corrected chi connectivity index (χ2v) is 3.27. The van der Waals surface area contributed by atoms with Crippen LogP contribution in [0.1, 0.15) is 5.56 Å². The van der Waals surface area contributed by atoms with Crippen molar-refractivity contribution in [3.05, 3.63) is 41.4 Å². The second-order valence-electron chi connectivity index (χ2n) is 2.74. The summed E-state index contributed by atoms with van der Waals surface area (Å²) < 4.78 is 0. The average molecular weight is 182 g/mol. The summed E-state index contributed by atoms with van der Waals surface area (Å²) in [5, 5.41) is 3.78. The molecule has 2 heteroatoms. The normalized spacial score (nSPS) is 9.50. The molecule has 1 nitrogen and oxygen atoms in total. The van der Waals surface area contributed by atoms with Crippen molar-refractivity contribution in [1.82, 2.24) is 0 Å². The van der Waals surface area contributed by atoms with Gasteiger partial charge in [0.15, 0.2) is 0 Å². The van der Waals surface area contributed by atoms with Gasteiger partial charge in [-0.3, -0.25) is 0 Å². The lowest BCUT2D eigenvalue weighted by atomic mass is 10.2. The molecule has 1 aromatic rings. The van der Waals surface area contributed by atoms with E-state index in [1.165, 1.54) is 5.56 Å². The number of halogens is 1. The van der Waals surface area contributed by atoms with Crippen molar-refractivity contribution in [2.75, 3.05) is 11.9 Å². The fraction of sp³-hybridized carbons (Fsp3) is 0.200. The molecule has 0 radical (unpaired) electrons. The van der Waals surface area contributed by atoms with Crippen LogP contribution in [0, 0.1) is 6.92 Å². The maximum absolute atomic E-state index is 5.61. The molecule has 0 atom stereocenters. The predicted molar refractivity (Wildman–Crippen MR) is 54.7 cm³/mol. The first-order chi connectivity index (χ1) is 5.68. The molecule has 12 heavy (non-hydrogen) atoms. The van der Waals surface area contributed by atoms with Crippen molar-refractivity contribution in [3.63, 3.8) is 0 Å². The van der Waals surface area contributed by atoms with E-state index >= 15 is 0 Å². The van der Waals surface area contributed by atoms with Crippen LogP contribution in [0.15, 0.2) is 35.9 Å². The highest BCUT2D eigenvalue weighted by Gasteiger charge is 1.91. The molecule has 0 aromatic heterocycles. The topological polar surface area (TPSA) is 12.0 Å². The Morgan fingerprint density at radius 2 is 2.33 bits per heavy atom. The lowest BCUT2D eigenvalue weighted by Crippen LogP contribution is -2.00. The van der Waals surface area contributed by atoms with Crippen molar-refractivity contribution in [2.45, 2.75) is 6.92 Å². The quantitative estimate of drug-likeness (QED) is 0.756. The van der Waals surface area contributed by atoms with Crippen molar-refractivity contribution >= 4 is 17.3 Å². The van der Waals surface area contributed by atoms with Crippen molar-refractivity contribution in [2.24, 2.45) is 0 Å². The van der Waals surface area contributed by atoms with Gasteiger partial charge in [-0.25, -0.2) is 0 Å². The average Bonchev–Trinajstić information content (AvgIpc) is 2.01. The number of hydrogen-bond acceptors (Lipinski definition) is 1. The lowest BCUT2D eigenvalue weighted by Gasteiger charge is -2.04. The number of anilines is 1. The van der Waals surface area contributed by atoms with Gasteiger partial charge in [-0.15, -0.1) is 0 Å². The second kappa shape index (κ2) is 4.17. The third kappa shape index (κ3) is 2.97. The van der Waals surface area contributed by atoms with Gasteiger partial charge in [0.1, 0.15) is 0 Å². The van der Waals surface area contributed by atoms with Crippen LogP contribution in [0.2, 0.25) is 0 Å². The highest BCUT2D eigenvalue weighted by molar-refractivity contribution is 6.29. The van der Waals surface area contributed by atoms with E-state index in [4.69, 9.17) is 11.6 Å². The molecule has 0 heterocycles. The molecule has 0 spiro atoms. The molecule has 64 valence electrons. The Kier molecular flexibility index (Phi) is 3.18. The SMILES string of the molecule is C=C(Cl)CNc1cccc(C)c1. The van der Waals surface area contributed by atoms with E-state index in [9.17, 15) is 0 Å². The molecule has 0 fully saturated rings. The van der Waals surface area contributed by atoms with E-state index in [1.54, 1.807) is 0 Å². The molecule has 0 saturated carbocycles. The molecule has 1 rings (SSSR count). The minimum Gasteiger partial charge on any atom is -0.380 e. The molecule has 0 bridgehead atoms. The molecule has 0 saturated heterocycles. The lowest BCUT2D eigenvalue weighted by molar-refractivity contribution is 1.30. The van der Waals surface area contributed by atoms with Gasteiger partial charge in [-0.1, -0.05) is 30.3 Å². The van der Waals surface area contributed by atoms with Gasteiger partial charge in [-0.05, 0) is 24.6 Å². The minimum absolute atomic E-state index is 0.616. The fourth-order valence-electron chi connectivity index (χ4n) is 0.953. The molecule has 0 aliphatic carbocycles. The van der Waals surface area contributed by atoms with Gasteiger partial charge in [0.25, 0.3) is 0 Å². The third-order valence-corrected chi connectivity index (χ3v) is 1.64. The zero-order valence-electron chi connectivity index (χ0n) is 7.10. The zero-order valence-corrected chi connectivity index (χ0v) is 7.86. The van der Waals surface area contributed by atoms with E-state index in [0.29, 0.717) is 11.6 Å². The Labute approximate surface area is 78.1 Å². The van der Waals surface area contributed by atoms with Crippen LogP contribution in [0.3, 0.4) is 0 Å². The largest absolute Gasteiger partial charge is 0.380 e. The Morgan fingerprint density at radius 1 is 1.58 bits per heavy atom. The summed E-state index contributed by atoms with van der Waals surface area (Å²) >= 11 is 5.61. The Hall–Kier alpha value is -0.950. The van der Waals surface area contributed by atoms with Crippen LogP contribution in [0.25, 0.3) is 0 Å². The molecular weight excluding hydrogens is 170 g/mol. The number of hydrogen-bond donors (Lipinski definition) is 1. The fourth-order valence-corrected chi connectivity index (χ4v) is 1.02. The van der Waals surface area contributed by atoms with Gasteiger partial charge in [0.2, 0.25) is 0 Å². The van der Waals surface area contributed by atoms with E-state index in [2.05, 4.69) is 31.0 Å². The predicted octanol–water partition coefficient (Wildman–Crippen LogP) is 3.16. The minimum atomic E-state index is 0.616. The van der Waals surface area contributed by atoms with Gasteiger partial charge in [0.05, 0.1) is 6.54 Å². The number of rotatable bonds is 3. The van der Waals surface area contributed by atoms with Crippen molar-refractivity contribution < 1.29 is 0 Å². The van der Waals surface area contributed by atoms with Gasteiger partial charge in [0, 0.05) is 10.7 Å². The van der Waals surface area contributed by atoms with Crippen LogP contribution in [0.5, 0.6) is 0 Å². The Morgan fingerprint density at radius 3 is 2.92 bits per heavy atom. The van der Waals surface area contributed by atoms with Crippen molar-refractivity contribution in [1.29, 1.82) is 0 Å². The van der Waals surface area contributed by atoms with Gasteiger partial charge in [-0.2, -0.15) is 0 Å². The monoisotopic (exact) mass is 181 g/mol. The molecule has 1 aromatic carbocycles. The summed E-state index contributed by atoms with van der Waals surface area (Å²) in [6.45, 7) is 6.27. The van der Waals surface area contributed by atoms with Crippen LogP contribution in [-0.4, -0.2) is 6.54 Å². The maximum Gasteiger partial charge on any atom is 0.0501 e. The summed E-state index contributed by atoms with van der Waals surface area (Å²) in [4.78, 5) is 0. The van der Waals surface area contributed by atoms with Crippen LogP contribution >= 0.6 is 11.6 Å².